The molecule has 1 fully saturated rings. The maximum absolute atomic E-state index is 12.3. The van der Waals surface area contributed by atoms with Crippen molar-refractivity contribution in [2.45, 2.75) is 45.6 Å². The van der Waals surface area contributed by atoms with E-state index in [0.717, 1.165) is 11.4 Å². The Morgan fingerprint density at radius 3 is 2.27 bits per heavy atom. The molecule has 1 saturated heterocycles. The summed E-state index contributed by atoms with van der Waals surface area (Å²) in [5.74, 6) is -2.31. The molecule has 0 unspecified atom stereocenters. The number of anilines is 1. The maximum Gasteiger partial charge on any atom is 0.326 e. The van der Waals surface area contributed by atoms with E-state index in [2.05, 4.69) is 15.3 Å². The first-order chi connectivity index (χ1) is 12.3. The molecular formula is C17H24N4O5. The molecule has 142 valence electrons. The molecule has 1 aliphatic rings. The normalized spacial score (nSPS) is 16.2. The lowest BCUT2D eigenvalue weighted by atomic mass is 9.95. The quantitative estimate of drug-likeness (QED) is 0.645. The lowest BCUT2D eigenvalue weighted by Gasteiger charge is -2.32. The summed E-state index contributed by atoms with van der Waals surface area (Å²) in [6, 6.07) is 0.715. The third-order valence-corrected chi connectivity index (χ3v) is 4.38. The van der Waals surface area contributed by atoms with E-state index in [9.17, 15) is 14.4 Å². The number of nitrogens with one attached hydrogen (secondary N) is 1. The molecule has 9 nitrogen and oxygen atoms in total. The largest absolute Gasteiger partial charge is 0.481 e. The van der Waals surface area contributed by atoms with Gasteiger partial charge in [0.15, 0.2) is 0 Å². The van der Waals surface area contributed by atoms with Gasteiger partial charge in [0, 0.05) is 36.8 Å². The van der Waals surface area contributed by atoms with Crippen LogP contribution in [0.4, 0.5) is 5.95 Å². The fourth-order valence-corrected chi connectivity index (χ4v) is 3.01. The summed E-state index contributed by atoms with van der Waals surface area (Å²) < 4.78 is 0. The van der Waals surface area contributed by atoms with Crippen molar-refractivity contribution in [1.82, 2.24) is 15.3 Å². The summed E-state index contributed by atoms with van der Waals surface area (Å²) in [7, 11) is 0. The standard InChI is InChI=1S/C17H24N4O5/c1-10-9-11(2)19-17(18-10)21-7-5-12(6-8-21)15(24)20-13(16(25)26)3-4-14(22)23/h9,12-13H,3-8H2,1-2H3,(H,20,24)(H,22,23)(H,25,26)/t13-/m0/s1. The maximum atomic E-state index is 12.3. The molecule has 0 saturated carbocycles. The summed E-state index contributed by atoms with van der Waals surface area (Å²) in [6.07, 6.45) is 0.687. The molecule has 1 aromatic heterocycles. The van der Waals surface area contributed by atoms with E-state index in [4.69, 9.17) is 10.2 Å². The Morgan fingerprint density at radius 1 is 1.19 bits per heavy atom. The van der Waals surface area contributed by atoms with Gasteiger partial charge in [-0.2, -0.15) is 0 Å². The number of hydrogen-bond donors (Lipinski definition) is 3. The first kappa shape index (κ1) is 19.6. The second kappa shape index (κ2) is 8.59. The molecule has 0 aromatic carbocycles. The highest BCUT2D eigenvalue weighted by Gasteiger charge is 2.29. The number of amides is 1. The minimum Gasteiger partial charge on any atom is -0.481 e. The number of aliphatic carboxylic acids is 2. The first-order valence-corrected chi connectivity index (χ1v) is 8.58. The Balaban J connectivity index is 1.90. The Morgan fingerprint density at radius 2 is 1.77 bits per heavy atom. The van der Waals surface area contributed by atoms with Crippen molar-refractivity contribution in [1.29, 1.82) is 0 Å². The van der Waals surface area contributed by atoms with Crippen LogP contribution >= 0.6 is 0 Å². The SMILES string of the molecule is Cc1cc(C)nc(N2CCC(C(=O)N[C@@H](CCC(=O)O)C(=O)O)CC2)n1. The first-order valence-electron chi connectivity index (χ1n) is 8.58. The predicted molar refractivity (Wildman–Crippen MR) is 92.9 cm³/mol. The minimum atomic E-state index is -1.22. The van der Waals surface area contributed by atoms with Crippen LogP contribution in [0.5, 0.6) is 0 Å². The fraction of sp³-hybridized carbons (Fsp3) is 0.588. The number of aromatic nitrogens is 2. The van der Waals surface area contributed by atoms with Gasteiger partial charge < -0.3 is 20.4 Å². The van der Waals surface area contributed by atoms with Crippen molar-refractivity contribution < 1.29 is 24.6 Å². The van der Waals surface area contributed by atoms with Gasteiger partial charge in [0.1, 0.15) is 6.04 Å². The average Bonchev–Trinajstić information content (AvgIpc) is 2.57. The van der Waals surface area contributed by atoms with Crippen molar-refractivity contribution in [3.05, 3.63) is 17.5 Å². The third kappa shape index (κ3) is 5.40. The number of carbonyl (C=O) groups is 3. The predicted octanol–water partition coefficient (Wildman–Crippen LogP) is 0.744. The lowest BCUT2D eigenvalue weighted by Crippen LogP contribution is -2.47. The van der Waals surface area contributed by atoms with Crippen LogP contribution in [0.1, 0.15) is 37.1 Å². The minimum absolute atomic E-state index is 0.133. The summed E-state index contributed by atoms with van der Waals surface area (Å²) >= 11 is 0. The fourth-order valence-electron chi connectivity index (χ4n) is 3.01. The van der Waals surface area contributed by atoms with E-state index < -0.39 is 18.0 Å². The third-order valence-electron chi connectivity index (χ3n) is 4.38. The van der Waals surface area contributed by atoms with Gasteiger partial charge in [0.2, 0.25) is 11.9 Å². The number of nitrogens with zero attached hydrogens (tertiary/aromatic N) is 3. The van der Waals surface area contributed by atoms with Crippen molar-refractivity contribution in [2.75, 3.05) is 18.0 Å². The average molecular weight is 364 g/mol. The van der Waals surface area contributed by atoms with E-state index >= 15 is 0 Å². The van der Waals surface area contributed by atoms with Crippen LogP contribution in [0.3, 0.4) is 0 Å². The van der Waals surface area contributed by atoms with Gasteiger partial charge in [-0.25, -0.2) is 14.8 Å². The molecule has 2 heterocycles. The molecule has 2 rings (SSSR count). The smallest absolute Gasteiger partial charge is 0.326 e. The summed E-state index contributed by atoms with van der Waals surface area (Å²) in [4.78, 5) is 45.0. The monoisotopic (exact) mass is 364 g/mol. The molecule has 1 aliphatic heterocycles. The Bertz CT molecular complexity index is 665. The molecule has 0 bridgehead atoms. The van der Waals surface area contributed by atoms with E-state index in [0.29, 0.717) is 31.9 Å². The van der Waals surface area contributed by atoms with Crippen LogP contribution in [-0.4, -0.2) is 57.2 Å². The molecule has 0 aliphatic carbocycles. The number of carbonyl (C=O) groups excluding carboxylic acids is 1. The van der Waals surface area contributed by atoms with Gasteiger partial charge in [0.05, 0.1) is 0 Å². The highest BCUT2D eigenvalue weighted by molar-refractivity contribution is 5.85. The van der Waals surface area contributed by atoms with Gasteiger partial charge in [0.25, 0.3) is 0 Å². The number of carboxylic acids is 2. The summed E-state index contributed by atoms with van der Waals surface area (Å²) in [5.41, 5.74) is 1.77. The molecule has 3 N–H and O–H groups in total. The van der Waals surface area contributed by atoms with Crippen molar-refractivity contribution >= 4 is 23.8 Å². The zero-order valence-electron chi connectivity index (χ0n) is 14.9. The molecule has 0 radical (unpaired) electrons. The second-order valence-electron chi connectivity index (χ2n) is 6.54. The van der Waals surface area contributed by atoms with Gasteiger partial charge >= 0.3 is 11.9 Å². The number of carboxylic acid groups (broad SMARTS) is 2. The van der Waals surface area contributed by atoms with Crippen LogP contribution in [0.15, 0.2) is 6.07 Å². The van der Waals surface area contributed by atoms with E-state index in [1.54, 1.807) is 0 Å². The molecule has 9 heteroatoms. The van der Waals surface area contributed by atoms with Crippen LogP contribution in [-0.2, 0) is 14.4 Å². The number of hydrogen-bond acceptors (Lipinski definition) is 6. The Kier molecular flexibility index (Phi) is 6.48. The van der Waals surface area contributed by atoms with Crippen molar-refractivity contribution in [3.63, 3.8) is 0 Å². The zero-order chi connectivity index (χ0) is 19.3. The highest BCUT2D eigenvalue weighted by Crippen LogP contribution is 2.21. The molecule has 1 atom stereocenters. The van der Waals surface area contributed by atoms with Crippen LogP contribution in [0.2, 0.25) is 0 Å². The van der Waals surface area contributed by atoms with Gasteiger partial charge in [-0.15, -0.1) is 0 Å². The molecular weight excluding hydrogens is 340 g/mol. The second-order valence-corrected chi connectivity index (χ2v) is 6.54. The highest BCUT2D eigenvalue weighted by atomic mass is 16.4. The molecule has 26 heavy (non-hydrogen) atoms. The molecule has 1 aromatic rings. The zero-order valence-corrected chi connectivity index (χ0v) is 14.9. The van der Waals surface area contributed by atoms with E-state index in [-0.39, 0.29) is 24.7 Å². The van der Waals surface area contributed by atoms with Gasteiger partial charge in [-0.05, 0) is 39.2 Å². The number of rotatable bonds is 7. The lowest BCUT2D eigenvalue weighted by molar-refractivity contribution is -0.143. The molecule has 0 spiro atoms. The van der Waals surface area contributed by atoms with Gasteiger partial charge in [-0.1, -0.05) is 0 Å². The van der Waals surface area contributed by atoms with Gasteiger partial charge in [-0.3, -0.25) is 9.59 Å². The van der Waals surface area contributed by atoms with Crippen LogP contribution in [0.25, 0.3) is 0 Å². The van der Waals surface area contributed by atoms with Crippen molar-refractivity contribution in [3.8, 4) is 0 Å². The summed E-state index contributed by atoms with van der Waals surface area (Å²) in [6.45, 7) is 5.02. The topological polar surface area (TPSA) is 133 Å². The Labute approximate surface area is 151 Å². The number of piperidine rings is 1. The molecule has 1 amide bonds. The van der Waals surface area contributed by atoms with Crippen LogP contribution in [0, 0.1) is 19.8 Å². The van der Waals surface area contributed by atoms with Crippen molar-refractivity contribution in [2.24, 2.45) is 5.92 Å². The Hall–Kier alpha value is -2.71. The summed E-state index contributed by atoms with van der Waals surface area (Å²) in [5, 5.41) is 20.3. The van der Waals surface area contributed by atoms with E-state index in [1.165, 1.54) is 0 Å². The van der Waals surface area contributed by atoms with E-state index in [1.807, 2.05) is 24.8 Å². The van der Waals surface area contributed by atoms with Crippen LogP contribution < -0.4 is 10.2 Å². The number of aryl methyl sites for hydroxylation is 2.